The second-order valence-electron chi connectivity index (χ2n) is 7.84. The number of rotatable bonds is 8. The van der Waals surface area contributed by atoms with Crippen molar-refractivity contribution in [3.63, 3.8) is 0 Å². The molecule has 0 unspecified atom stereocenters. The van der Waals surface area contributed by atoms with Gasteiger partial charge in [-0.1, -0.05) is 0 Å². The average Bonchev–Trinajstić information content (AvgIpc) is 3.16. The van der Waals surface area contributed by atoms with Gasteiger partial charge in [0.05, 0.1) is 11.7 Å². The quantitative estimate of drug-likeness (QED) is 0.675. The van der Waals surface area contributed by atoms with Crippen LogP contribution in [-0.4, -0.2) is 74.8 Å². The molecular formula is C20H32N6O. The zero-order valence-electron chi connectivity index (χ0n) is 16.8. The lowest BCUT2D eigenvalue weighted by Gasteiger charge is -2.29. The maximum Gasteiger partial charge on any atom is 0.146 e. The smallest absolute Gasteiger partial charge is 0.146 e. The molecule has 2 N–H and O–H groups in total. The summed E-state index contributed by atoms with van der Waals surface area (Å²) in [5, 5.41) is 16.7. The molecule has 3 heterocycles. The average molecular weight is 373 g/mol. The van der Waals surface area contributed by atoms with Crippen molar-refractivity contribution in [3.05, 3.63) is 16.7 Å². The number of hydrogen-bond donors (Lipinski definition) is 2. The highest BCUT2D eigenvalue weighted by molar-refractivity contribution is 5.66. The van der Waals surface area contributed by atoms with Crippen LogP contribution in [0.25, 0.3) is 0 Å². The van der Waals surface area contributed by atoms with Crippen LogP contribution >= 0.6 is 0 Å². The van der Waals surface area contributed by atoms with Gasteiger partial charge in [0.25, 0.3) is 0 Å². The van der Waals surface area contributed by atoms with Gasteiger partial charge in [-0.3, -0.25) is 0 Å². The topological polar surface area (TPSA) is 76.5 Å². The van der Waals surface area contributed by atoms with Crippen molar-refractivity contribution in [2.45, 2.75) is 38.3 Å². The van der Waals surface area contributed by atoms with Crippen LogP contribution in [0.1, 0.15) is 36.0 Å². The van der Waals surface area contributed by atoms with Crippen molar-refractivity contribution in [2.75, 3.05) is 64.6 Å². The molecule has 1 atom stereocenters. The maximum absolute atomic E-state index is 9.79. The maximum atomic E-state index is 9.79. The van der Waals surface area contributed by atoms with Gasteiger partial charge in [-0.25, -0.2) is 4.98 Å². The summed E-state index contributed by atoms with van der Waals surface area (Å²) in [6.45, 7) is 5.24. The van der Waals surface area contributed by atoms with Crippen molar-refractivity contribution in [1.82, 2.24) is 14.8 Å². The SMILES string of the molecule is CN(C)CCCNc1nc(NC[C@H]2CCCO2)c2c(c1C#N)CCN(C)C2. The summed E-state index contributed by atoms with van der Waals surface area (Å²) in [6.07, 6.45) is 4.39. The van der Waals surface area contributed by atoms with Crippen molar-refractivity contribution < 1.29 is 4.74 Å². The highest BCUT2D eigenvalue weighted by atomic mass is 16.5. The molecule has 0 radical (unpaired) electrons. The minimum absolute atomic E-state index is 0.260. The minimum Gasteiger partial charge on any atom is -0.376 e. The van der Waals surface area contributed by atoms with E-state index in [0.717, 1.165) is 87.8 Å². The number of nitrogens with zero attached hydrogens (tertiary/aromatic N) is 4. The number of pyridine rings is 1. The van der Waals surface area contributed by atoms with Crippen molar-refractivity contribution in [3.8, 4) is 6.07 Å². The first kappa shape index (κ1) is 19.9. The van der Waals surface area contributed by atoms with Crippen LogP contribution in [0.15, 0.2) is 0 Å². The van der Waals surface area contributed by atoms with Gasteiger partial charge in [-0.05, 0) is 58.9 Å². The molecule has 0 amide bonds. The number of anilines is 2. The third-order valence-corrected chi connectivity index (χ3v) is 5.29. The highest BCUT2D eigenvalue weighted by Crippen LogP contribution is 2.31. The lowest BCUT2D eigenvalue weighted by atomic mass is 9.96. The third-order valence-electron chi connectivity index (χ3n) is 5.29. The molecule has 27 heavy (non-hydrogen) atoms. The molecule has 0 aromatic carbocycles. The Hall–Kier alpha value is -1.88. The Morgan fingerprint density at radius 1 is 1.30 bits per heavy atom. The summed E-state index contributed by atoms with van der Waals surface area (Å²) in [6, 6.07) is 2.41. The van der Waals surface area contributed by atoms with E-state index in [-0.39, 0.29) is 6.10 Å². The molecule has 3 rings (SSSR count). The van der Waals surface area contributed by atoms with Crippen LogP contribution in [0.4, 0.5) is 11.6 Å². The fourth-order valence-electron chi connectivity index (χ4n) is 3.78. The van der Waals surface area contributed by atoms with Gasteiger partial charge in [0.1, 0.15) is 17.7 Å². The molecule has 0 aliphatic carbocycles. The Kier molecular flexibility index (Phi) is 6.89. The van der Waals surface area contributed by atoms with E-state index in [0.29, 0.717) is 5.56 Å². The van der Waals surface area contributed by atoms with E-state index in [2.05, 4.69) is 47.6 Å². The third kappa shape index (κ3) is 5.10. The molecule has 0 bridgehead atoms. The van der Waals surface area contributed by atoms with Crippen LogP contribution in [-0.2, 0) is 17.7 Å². The molecule has 1 aromatic heterocycles. The van der Waals surface area contributed by atoms with Crippen LogP contribution in [0.5, 0.6) is 0 Å². The fraction of sp³-hybridized carbons (Fsp3) is 0.700. The predicted octanol–water partition coefficient (Wildman–Crippen LogP) is 1.90. The summed E-state index contributed by atoms with van der Waals surface area (Å²) in [7, 11) is 6.26. The van der Waals surface area contributed by atoms with Gasteiger partial charge in [0, 0.05) is 38.3 Å². The van der Waals surface area contributed by atoms with Crippen molar-refractivity contribution >= 4 is 11.6 Å². The summed E-state index contributed by atoms with van der Waals surface area (Å²) < 4.78 is 5.74. The zero-order chi connectivity index (χ0) is 19.2. The van der Waals surface area contributed by atoms with Gasteiger partial charge in [-0.2, -0.15) is 5.26 Å². The predicted molar refractivity (Wildman–Crippen MR) is 108 cm³/mol. The monoisotopic (exact) mass is 372 g/mol. The molecule has 1 saturated heterocycles. The number of ether oxygens (including phenoxy) is 1. The number of likely N-dealkylation sites (N-methyl/N-ethyl adjacent to an activating group) is 1. The molecule has 1 aromatic rings. The molecule has 7 heteroatoms. The van der Waals surface area contributed by atoms with Crippen LogP contribution < -0.4 is 10.6 Å². The number of nitriles is 1. The van der Waals surface area contributed by atoms with Gasteiger partial charge < -0.3 is 25.2 Å². The first-order valence-electron chi connectivity index (χ1n) is 9.97. The van der Waals surface area contributed by atoms with E-state index in [1.54, 1.807) is 0 Å². The van der Waals surface area contributed by atoms with Crippen LogP contribution in [0, 0.1) is 11.3 Å². The van der Waals surface area contributed by atoms with E-state index in [1.165, 1.54) is 0 Å². The standard InChI is InChI=1S/C20H32N6O/c1-25(2)9-5-8-22-19-17(12-21)16-7-10-26(3)14-18(16)20(24-19)23-13-15-6-4-11-27-15/h15H,4-11,13-14H2,1-3H3,(H2,22,23,24)/t15-/m1/s1. The van der Waals surface area contributed by atoms with E-state index in [1.807, 2.05) is 0 Å². The highest BCUT2D eigenvalue weighted by Gasteiger charge is 2.25. The minimum atomic E-state index is 0.260. The molecule has 0 spiro atoms. The van der Waals surface area contributed by atoms with E-state index in [9.17, 15) is 5.26 Å². The zero-order valence-corrected chi connectivity index (χ0v) is 16.8. The summed E-state index contributed by atoms with van der Waals surface area (Å²) in [5.74, 6) is 1.62. The Balaban J connectivity index is 1.81. The Morgan fingerprint density at radius 2 is 2.15 bits per heavy atom. The number of hydrogen-bond acceptors (Lipinski definition) is 7. The first-order chi connectivity index (χ1) is 13.1. The van der Waals surface area contributed by atoms with E-state index in [4.69, 9.17) is 9.72 Å². The van der Waals surface area contributed by atoms with Crippen LogP contribution in [0.3, 0.4) is 0 Å². The van der Waals surface area contributed by atoms with Gasteiger partial charge >= 0.3 is 0 Å². The molecule has 1 fully saturated rings. The number of nitrogens with one attached hydrogen (secondary N) is 2. The Morgan fingerprint density at radius 3 is 2.85 bits per heavy atom. The second-order valence-corrected chi connectivity index (χ2v) is 7.84. The normalized spacial score (nSPS) is 19.7. The van der Waals surface area contributed by atoms with Gasteiger partial charge in [0.15, 0.2) is 0 Å². The van der Waals surface area contributed by atoms with Gasteiger partial charge in [-0.15, -0.1) is 0 Å². The van der Waals surface area contributed by atoms with Gasteiger partial charge in [0.2, 0.25) is 0 Å². The Labute approximate surface area is 162 Å². The second kappa shape index (κ2) is 9.36. The number of fused-ring (bicyclic) bond motifs is 1. The lowest BCUT2D eigenvalue weighted by molar-refractivity contribution is 0.120. The Bertz CT molecular complexity index is 678. The van der Waals surface area contributed by atoms with Crippen LogP contribution in [0.2, 0.25) is 0 Å². The summed E-state index contributed by atoms with van der Waals surface area (Å²) >= 11 is 0. The molecule has 7 nitrogen and oxygen atoms in total. The molecule has 0 saturated carbocycles. The molecule has 2 aliphatic heterocycles. The number of aromatic nitrogens is 1. The molecular weight excluding hydrogens is 340 g/mol. The molecule has 148 valence electrons. The fourth-order valence-corrected chi connectivity index (χ4v) is 3.78. The summed E-state index contributed by atoms with van der Waals surface area (Å²) in [5.41, 5.74) is 3.03. The summed E-state index contributed by atoms with van der Waals surface area (Å²) in [4.78, 5) is 9.28. The van der Waals surface area contributed by atoms with Crippen molar-refractivity contribution in [2.24, 2.45) is 0 Å². The van der Waals surface area contributed by atoms with E-state index >= 15 is 0 Å². The lowest BCUT2D eigenvalue weighted by Crippen LogP contribution is -2.30. The van der Waals surface area contributed by atoms with Crippen molar-refractivity contribution in [1.29, 1.82) is 5.26 Å². The molecule has 2 aliphatic rings. The van der Waals surface area contributed by atoms with E-state index < -0.39 is 0 Å². The first-order valence-corrected chi connectivity index (χ1v) is 9.97. The largest absolute Gasteiger partial charge is 0.376 e.